The number of fused-ring (bicyclic) bond motifs is 1. The molecule has 1 fully saturated rings. The Bertz CT molecular complexity index is 812. The van der Waals surface area contributed by atoms with E-state index in [1.165, 1.54) is 0 Å². The molecule has 148 valence electrons. The van der Waals surface area contributed by atoms with Crippen LogP contribution in [0.2, 0.25) is 0 Å². The smallest absolute Gasteiger partial charge is 0.272 e. The maximum atomic E-state index is 13.4. The number of amides is 1. The van der Waals surface area contributed by atoms with Gasteiger partial charge in [0.25, 0.3) is 5.91 Å². The molecule has 1 aliphatic rings. The Morgan fingerprint density at radius 1 is 1.30 bits per heavy atom. The van der Waals surface area contributed by atoms with Gasteiger partial charge < -0.3 is 5.32 Å². The number of rotatable bonds is 4. The van der Waals surface area contributed by atoms with Crippen molar-refractivity contribution in [1.29, 1.82) is 0 Å². The number of carbonyl (C=O) groups excluding carboxylic acids is 1. The predicted molar refractivity (Wildman–Crippen MR) is 103 cm³/mol. The van der Waals surface area contributed by atoms with Crippen molar-refractivity contribution in [3.8, 4) is 0 Å². The predicted octanol–water partition coefficient (Wildman–Crippen LogP) is 5.03. The van der Waals surface area contributed by atoms with E-state index in [4.69, 9.17) is 0 Å². The van der Waals surface area contributed by atoms with Gasteiger partial charge in [0.05, 0.1) is 5.52 Å². The van der Waals surface area contributed by atoms with Crippen molar-refractivity contribution in [3.63, 3.8) is 0 Å². The second-order valence-electron chi connectivity index (χ2n) is 8.91. The van der Waals surface area contributed by atoms with Gasteiger partial charge in [-0.2, -0.15) is 5.10 Å². The third-order valence-electron chi connectivity index (χ3n) is 5.79. The van der Waals surface area contributed by atoms with Crippen molar-refractivity contribution in [2.24, 2.45) is 11.3 Å². The van der Waals surface area contributed by atoms with Crippen LogP contribution in [0.3, 0.4) is 0 Å². The summed E-state index contributed by atoms with van der Waals surface area (Å²) in [5.74, 6) is -2.56. The molecule has 3 rings (SSSR count). The van der Waals surface area contributed by atoms with E-state index < -0.39 is 5.92 Å². The molecule has 0 radical (unpaired) electrons. The number of nitrogens with one attached hydrogen (secondary N) is 1. The first-order chi connectivity index (χ1) is 12.6. The van der Waals surface area contributed by atoms with E-state index in [0.717, 1.165) is 10.9 Å². The number of para-hydroxylation sites is 1. The van der Waals surface area contributed by atoms with Gasteiger partial charge in [0.2, 0.25) is 5.92 Å². The summed E-state index contributed by atoms with van der Waals surface area (Å²) in [5, 5.41) is 8.42. The minimum atomic E-state index is -2.53. The maximum absolute atomic E-state index is 13.4. The van der Waals surface area contributed by atoms with Crippen molar-refractivity contribution in [3.05, 3.63) is 30.0 Å². The molecular weight excluding hydrogens is 348 g/mol. The number of alkyl halides is 2. The molecule has 0 saturated heterocycles. The Morgan fingerprint density at radius 2 is 1.93 bits per heavy atom. The number of carbonyl (C=O) groups is 1. The highest BCUT2D eigenvalue weighted by Gasteiger charge is 2.35. The van der Waals surface area contributed by atoms with Crippen molar-refractivity contribution in [1.82, 2.24) is 15.1 Å². The Morgan fingerprint density at radius 3 is 2.56 bits per heavy atom. The highest BCUT2D eigenvalue weighted by molar-refractivity contribution is 6.05. The molecule has 1 atom stereocenters. The summed E-state index contributed by atoms with van der Waals surface area (Å²) >= 11 is 0. The molecule has 2 aromatic rings. The Hall–Kier alpha value is -1.98. The molecule has 27 heavy (non-hydrogen) atoms. The van der Waals surface area contributed by atoms with Crippen molar-refractivity contribution < 1.29 is 13.6 Å². The van der Waals surface area contributed by atoms with Crippen LogP contribution in [0, 0.1) is 11.3 Å². The molecule has 1 amide bonds. The van der Waals surface area contributed by atoms with Crippen molar-refractivity contribution in [2.75, 3.05) is 0 Å². The summed E-state index contributed by atoms with van der Waals surface area (Å²) in [7, 11) is 0. The van der Waals surface area contributed by atoms with Crippen LogP contribution in [0.15, 0.2) is 24.3 Å². The minimum Gasteiger partial charge on any atom is -0.348 e. The van der Waals surface area contributed by atoms with Crippen molar-refractivity contribution in [2.45, 2.75) is 71.9 Å². The number of halogens is 2. The normalized spacial score (nSPS) is 19.2. The van der Waals surface area contributed by atoms with Gasteiger partial charge in [-0.25, -0.2) is 8.78 Å². The van der Waals surface area contributed by atoms with E-state index in [2.05, 4.69) is 31.2 Å². The molecule has 1 saturated carbocycles. The Labute approximate surface area is 159 Å². The van der Waals surface area contributed by atoms with Crippen LogP contribution < -0.4 is 5.32 Å². The molecule has 1 aliphatic carbocycles. The third kappa shape index (κ3) is 4.47. The van der Waals surface area contributed by atoms with E-state index in [1.807, 2.05) is 35.9 Å². The Balaban J connectivity index is 1.83. The van der Waals surface area contributed by atoms with Gasteiger partial charge in [-0.15, -0.1) is 0 Å². The van der Waals surface area contributed by atoms with Gasteiger partial charge in [-0.05, 0) is 37.2 Å². The lowest BCUT2D eigenvalue weighted by Crippen LogP contribution is -2.41. The number of hydrogen-bond acceptors (Lipinski definition) is 2. The lowest BCUT2D eigenvalue weighted by Gasteiger charge is -2.28. The van der Waals surface area contributed by atoms with Crippen LogP contribution in [-0.2, 0) is 6.54 Å². The van der Waals surface area contributed by atoms with Gasteiger partial charge in [0.1, 0.15) is 0 Å². The van der Waals surface area contributed by atoms with E-state index >= 15 is 0 Å². The van der Waals surface area contributed by atoms with Gasteiger partial charge in [0.15, 0.2) is 5.69 Å². The minimum absolute atomic E-state index is 0.00510. The van der Waals surface area contributed by atoms with E-state index in [9.17, 15) is 13.6 Å². The highest BCUT2D eigenvalue weighted by Crippen LogP contribution is 2.37. The lowest BCUT2D eigenvalue weighted by atomic mass is 9.87. The molecule has 1 unspecified atom stereocenters. The fourth-order valence-electron chi connectivity index (χ4n) is 3.44. The fraction of sp³-hybridized carbons (Fsp3) is 0.619. The van der Waals surface area contributed by atoms with Crippen LogP contribution >= 0.6 is 0 Å². The number of nitrogens with zero attached hydrogens (tertiary/aromatic N) is 2. The first-order valence-corrected chi connectivity index (χ1v) is 9.71. The maximum Gasteiger partial charge on any atom is 0.272 e. The molecule has 1 aromatic carbocycles. The summed E-state index contributed by atoms with van der Waals surface area (Å²) in [5.41, 5.74) is 1.23. The largest absolute Gasteiger partial charge is 0.348 e. The van der Waals surface area contributed by atoms with Crippen LogP contribution in [0.4, 0.5) is 8.78 Å². The monoisotopic (exact) mass is 377 g/mol. The molecule has 0 spiro atoms. The first kappa shape index (κ1) is 19.8. The average Bonchev–Trinajstić information content (AvgIpc) is 2.95. The number of hydrogen-bond donors (Lipinski definition) is 1. The molecule has 0 aliphatic heterocycles. The van der Waals surface area contributed by atoms with Crippen LogP contribution in [-0.4, -0.2) is 27.7 Å². The van der Waals surface area contributed by atoms with E-state index in [-0.39, 0.29) is 36.1 Å². The van der Waals surface area contributed by atoms with Crippen LogP contribution in [0.25, 0.3) is 10.9 Å². The zero-order valence-electron chi connectivity index (χ0n) is 16.6. The average molecular weight is 377 g/mol. The summed E-state index contributed by atoms with van der Waals surface area (Å²) in [4.78, 5) is 12.8. The van der Waals surface area contributed by atoms with E-state index in [0.29, 0.717) is 25.1 Å². The molecule has 1 N–H and O–H groups in total. The van der Waals surface area contributed by atoms with E-state index in [1.54, 1.807) is 0 Å². The second kappa shape index (κ2) is 7.21. The Kier molecular flexibility index (Phi) is 5.28. The zero-order valence-corrected chi connectivity index (χ0v) is 16.6. The van der Waals surface area contributed by atoms with Gasteiger partial charge >= 0.3 is 0 Å². The first-order valence-electron chi connectivity index (χ1n) is 9.71. The molecule has 0 bridgehead atoms. The number of benzene rings is 1. The quantitative estimate of drug-likeness (QED) is 0.813. The van der Waals surface area contributed by atoms with Crippen LogP contribution in [0.5, 0.6) is 0 Å². The standard InChI is InChI=1S/C21H29F2N3O/c1-14(20(2,3)4)24-19(27)18-16-7-5-6-8-17(16)26(25-18)13-15-9-11-21(22,23)12-10-15/h5-8,14-15H,9-13H2,1-4H3,(H,24,27). The SMILES string of the molecule is CC(NC(=O)c1nn(CC2CCC(F)(F)CC2)c2ccccc12)C(C)(C)C. The zero-order chi connectivity index (χ0) is 19.8. The van der Waals surface area contributed by atoms with Gasteiger partial charge in [0, 0.05) is 30.8 Å². The highest BCUT2D eigenvalue weighted by atomic mass is 19.3. The van der Waals surface area contributed by atoms with Gasteiger partial charge in [-0.3, -0.25) is 9.48 Å². The van der Waals surface area contributed by atoms with Crippen molar-refractivity contribution >= 4 is 16.8 Å². The fourth-order valence-corrected chi connectivity index (χ4v) is 3.44. The lowest BCUT2D eigenvalue weighted by molar-refractivity contribution is -0.0475. The number of aromatic nitrogens is 2. The summed E-state index contributed by atoms with van der Waals surface area (Å²) in [6, 6.07) is 7.62. The molecular formula is C21H29F2N3O. The summed E-state index contributed by atoms with van der Waals surface area (Å²) in [6.07, 6.45) is 0.855. The topological polar surface area (TPSA) is 46.9 Å². The third-order valence-corrected chi connectivity index (χ3v) is 5.79. The second-order valence-corrected chi connectivity index (χ2v) is 8.91. The summed E-state index contributed by atoms with van der Waals surface area (Å²) in [6.45, 7) is 8.78. The summed E-state index contributed by atoms with van der Waals surface area (Å²) < 4.78 is 28.7. The molecule has 1 aromatic heterocycles. The van der Waals surface area contributed by atoms with Crippen LogP contribution in [0.1, 0.15) is 63.9 Å². The molecule has 4 nitrogen and oxygen atoms in total. The molecule has 1 heterocycles. The molecule has 6 heteroatoms. The van der Waals surface area contributed by atoms with Gasteiger partial charge in [-0.1, -0.05) is 39.0 Å².